The molecule has 0 spiro atoms. The van der Waals surface area contributed by atoms with Crippen LogP contribution in [0.3, 0.4) is 0 Å². The molecule has 3 rings (SSSR count). The van der Waals surface area contributed by atoms with E-state index in [1.807, 2.05) is 25.2 Å². The number of likely N-dealkylation sites (N-methyl/N-ethyl adjacent to an activating group) is 1. The van der Waals surface area contributed by atoms with E-state index in [9.17, 15) is 4.79 Å². The molecular weight excluding hydrogens is 367 g/mol. The number of nitrogens with one attached hydrogen (secondary N) is 1. The molecule has 1 fully saturated rings. The second-order valence-corrected chi connectivity index (χ2v) is 7.67. The highest BCUT2D eigenvalue weighted by molar-refractivity contribution is 6.42. The van der Waals surface area contributed by atoms with E-state index < -0.39 is 0 Å². The quantitative estimate of drug-likeness (QED) is 0.794. The first kappa shape index (κ1) is 19.2. The highest BCUT2D eigenvalue weighted by Gasteiger charge is 2.25. The molecule has 5 heteroatoms. The van der Waals surface area contributed by atoms with Gasteiger partial charge in [-0.1, -0.05) is 60.0 Å². The normalized spacial score (nSPS) is 17.9. The van der Waals surface area contributed by atoms with Gasteiger partial charge in [-0.05, 0) is 61.7 Å². The molecule has 0 aromatic heterocycles. The molecule has 1 unspecified atom stereocenters. The van der Waals surface area contributed by atoms with Gasteiger partial charge in [-0.15, -0.1) is 0 Å². The minimum atomic E-state index is 0.0285. The minimum Gasteiger partial charge on any atom is -0.354 e. The molecule has 2 aromatic rings. The fourth-order valence-electron chi connectivity index (χ4n) is 3.39. The third-order valence-electron chi connectivity index (χ3n) is 4.99. The molecule has 1 N–H and O–H groups in total. The maximum absolute atomic E-state index is 12.3. The third-order valence-corrected chi connectivity index (χ3v) is 5.73. The van der Waals surface area contributed by atoms with Gasteiger partial charge in [0.2, 0.25) is 5.91 Å². The Morgan fingerprint density at radius 2 is 1.81 bits per heavy atom. The van der Waals surface area contributed by atoms with Gasteiger partial charge in [0.1, 0.15) is 0 Å². The lowest BCUT2D eigenvalue weighted by Crippen LogP contribution is -2.47. The maximum Gasteiger partial charge on any atom is 0.237 e. The van der Waals surface area contributed by atoms with Crippen molar-refractivity contribution < 1.29 is 4.79 Å². The van der Waals surface area contributed by atoms with E-state index in [1.54, 1.807) is 0 Å². The van der Waals surface area contributed by atoms with Crippen molar-refractivity contribution in [2.75, 3.05) is 20.1 Å². The standard InChI is InChI=1S/C21H24Cl2N2O/c1-25-13-3-2-4-20(25)21(26)24-12-11-15-5-7-16(8-6-15)17-9-10-18(22)19(23)14-17/h5-10,14,20H,2-4,11-13H2,1H3,(H,24,26). The number of carbonyl (C=O) groups excluding carboxylic acids is 1. The van der Waals surface area contributed by atoms with Crippen LogP contribution in [0.15, 0.2) is 42.5 Å². The number of amides is 1. The molecule has 1 saturated heterocycles. The smallest absolute Gasteiger partial charge is 0.237 e. The Balaban J connectivity index is 1.53. The summed E-state index contributed by atoms with van der Waals surface area (Å²) in [5.74, 6) is 0.152. The molecule has 1 atom stereocenters. The third kappa shape index (κ3) is 4.79. The number of rotatable bonds is 5. The number of hydrogen-bond donors (Lipinski definition) is 1. The molecule has 1 aliphatic rings. The van der Waals surface area contributed by atoms with Gasteiger partial charge >= 0.3 is 0 Å². The van der Waals surface area contributed by atoms with Crippen LogP contribution < -0.4 is 5.32 Å². The van der Waals surface area contributed by atoms with Crippen molar-refractivity contribution in [1.29, 1.82) is 0 Å². The number of piperidine rings is 1. The monoisotopic (exact) mass is 390 g/mol. The molecule has 1 heterocycles. The number of halogens is 2. The summed E-state index contributed by atoms with van der Waals surface area (Å²) in [7, 11) is 2.03. The van der Waals surface area contributed by atoms with Crippen LogP contribution in [-0.4, -0.2) is 37.0 Å². The minimum absolute atomic E-state index is 0.0285. The lowest BCUT2D eigenvalue weighted by atomic mass is 10.0. The van der Waals surface area contributed by atoms with Crippen LogP contribution in [-0.2, 0) is 11.2 Å². The van der Waals surface area contributed by atoms with E-state index in [1.165, 1.54) is 12.0 Å². The Hall–Kier alpha value is -1.55. The van der Waals surface area contributed by atoms with E-state index in [0.29, 0.717) is 16.6 Å². The summed E-state index contributed by atoms with van der Waals surface area (Å²) in [6.45, 7) is 1.67. The first-order valence-electron chi connectivity index (χ1n) is 9.07. The van der Waals surface area contributed by atoms with Crippen molar-refractivity contribution in [2.45, 2.75) is 31.7 Å². The lowest BCUT2D eigenvalue weighted by molar-refractivity contribution is -0.126. The second kappa shape index (κ2) is 8.90. The van der Waals surface area contributed by atoms with Crippen molar-refractivity contribution in [3.8, 4) is 11.1 Å². The van der Waals surface area contributed by atoms with Gasteiger partial charge in [-0.25, -0.2) is 0 Å². The number of hydrogen-bond acceptors (Lipinski definition) is 2. The summed E-state index contributed by atoms with van der Waals surface area (Å²) in [6.07, 6.45) is 4.11. The summed E-state index contributed by atoms with van der Waals surface area (Å²) in [5, 5.41) is 4.20. The first-order valence-corrected chi connectivity index (χ1v) is 9.82. The molecule has 0 saturated carbocycles. The molecule has 138 valence electrons. The fourth-order valence-corrected chi connectivity index (χ4v) is 3.69. The van der Waals surface area contributed by atoms with E-state index in [0.717, 1.165) is 36.9 Å². The molecule has 0 aliphatic carbocycles. The average Bonchev–Trinajstić information content (AvgIpc) is 2.65. The Kier molecular flexibility index (Phi) is 6.58. The second-order valence-electron chi connectivity index (χ2n) is 6.86. The topological polar surface area (TPSA) is 32.3 Å². The van der Waals surface area contributed by atoms with Crippen LogP contribution in [0.4, 0.5) is 0 Å². The molecular formula is C21H24Cl2N2O. The Labute approximate surface area is 165 Å². The van der Waals surface area contributed by atoms with E-state index in [2.05, 4.69) is 34.5 Å². The van der Waals surface area contributed by atoms with Gasteiger partial charge in [0.25, 0.3) is 0 Å². The predicted molar refractivity (Wildman–Crippen MR) is 109 cm³/mol. The van der Waals surface area contributed by atoms with Crippen LogP contribution in [0.25, 0.3) is 11.1 Å². The Morgan fingerprint density at radius 3 is 2.50 bits per heavy atom. The zero-order valence-electron chi connectivity index (χ0n) is 15.0. The molecule has 2 aromatic carbocycles. The summed E-state index contributed by atoms with van der Waals surface area (Å²) < 4.78 is 0. The summed E-state index contributed by atoms with van der Waals surface area (Å²) in [5.41, 5.74) is 3.34. The van der Waals surface area contributed by atoms with Crippen LogP contribution in [0, 0.1) is 0 Å². The van der Waals surface area contributed by atoms with Gasteiger partial charge in [0.15, 0.2) is 0 Å². The zero-order valence-corrected chi connectivity index (χ0v) is 16.5. The van der Waals surface area contributed by atoms with Gasteiger partial charge < -0.3 is 5.32 Å². The molecule has 0 bridgehead atoms. The SMILES string of the molecule is CN1CCCCC1C(=O)NCCc1ccc(-c2ccc(Cl)c(Cl)c2)cc1. The first-order chi connectivity index (χ1) is 12.5. The molecule has 26 heavy (non-hydrogen) atoms. The van der Waals surface area contributed by atoms with E-state index in [4.69, 9.17) is 23.2 Å². The average molecular weight is 391 g/mol. The van der Waals surface area contributed by atoms with Gasteiger partial charge in [0.05, 0.1) is 16.1 Å². The highest BCUT2D eigenvalue weighted by Crippen LogP contribution is 2.28. The maximum atomic E-state index is 12.3. The van der Waals surface area contributed by atoms with Crippen LogP contribution in [0.5, 0.6) is 0 Å². The van der Waals surface area contributed by atoms with E-state index >= 15 is 0 Å². The number of likely N-dealkylation sites (tertiary alicyclic amines) is 1. The summed E-state index contributed by atoms with van der Waals surface area (Å²) in [4.78, 5) is 14.5. The van der Waals surface area contributed by atoms with E-state index in [-0.39, 0.29) is 11.9 Å². The van der Waals surface area contributed by atoms with Crippen LogP contribution in [0.1, 0.15) is 24.8 Å². The molecule has 1 aliphatic heterocycles. The predicted octanol–water partition coefficient (Wildman–Crippen LogP) is 4.80. The fraction of sp³-hybridized carbons (Fsp3) is 0.381. The molecule has 0 radical (unpaired) electrons. The molecule has 1 amide bonds. The number of nitrogens with zero attached hydrogens (tertiary/aromatic N) is 1. The van der Waals surface area contributed by atoms with Crippen LogP contribution >= 0.6 is 23.2 Å². The largest absolute Gasteiger partial charge is 0.354 e. The van der Waals surface area contributed by atoms with Crippen molar-refractivity contribution in [2.24, 2.45) is 0 Å². The van der Waals surface area contributed by atoms with Crippen molar-refractivity contribution in [1.82, 2.24) is 10.2 Å². The van der Waals surface area contributed by atoms with Crippen LogP contribution in [0.2, 0.25) is 10.0 Å². The van der Waals surface area contributed by atoms with Gasteiger partial charge in [0, 0.05) is 6.54 Å². The number of benzene rings is 2. The lowest BCUT2D eigenvalue weighted by Gasteiger charge is -2.31. The highest BCUT2D eigenvalue weighted by atomic mass is 35.5. The number of carbonyl (C=O) groups is 1. The van der Waals surface area contributed by atoms with Gasteiger partial charge in [-0.3, -0.25) is 9.69 Å². The van der Waals surface area contributed by atoms with Gasteiger partial charge in [-0.2, -0.15) is 0 Å². The molecule has 3 nitrogen and oxygen atoms in total. The Morgan fingerprint density at radius 1 is 1.08 bits per heavy atom. The Bertz CT molecular complexity index is 761. The van der Waals surface area contributed by atoms with Crippen molar-refractivity contribution >= 4 is 29.1 Å². The summed E-state index contributed by atoms with van der Waals surface area (Å²) >= 11 is 12.1. The zero-order chi connectivity index (χ0) is 18.5. The van der Waals surface area contributed by atoms with Crippen molar-refractivity contribution in [3.05, 3.63) is 58.1 Å². The van der Waals surface area contributed by atoms with Crippen molar-refractivity contribution in [3.63, 3.8) is 0 Å². The summed E-state index contributed by atoms with van der Waals surface area (Å²) in [6, 6.07) is 14.0.